The minimum atomic E-state index is -4.78. The van der Waals surface area contributed by atoms with E-state index in [1.807, 2.05) is 70.2 Å². The van der Waals surface area contributed by atoms with E-state index in [-0.39, 0.29) is 74.4 Å². The van der Waals surface area contributed by atoms with E-state index in [1.165, 1.54) is 55.6 Å². The number of carboxylic acid groups (broad SMARTS) is 2. The zero-order valence-corrected chi connectivity index (χ0v) is 75.0. The van der Waals surface area contributed by atoms with Crippen LogP contribution in [0.25, 0.3) is 44.6 Å². The highest BCUT2D eigenvalue weighted by molar-refractivity contribution is 6.62. The highest BCUT2D eigenvalue weighted by Crippen LogP contribution is 2.42. The van der Waals surface area contributed by atoms with Gasteiger partial charge in [-0.3, -0.25) is 0 Å². The SMILES string of the molecule is CC(C)(C)OC(=O)N[C@@H](Cc1ccc(B2OC(C)(C)C(C)(C)O2)cc1)C(=O)O.COc1cccc(-c2ccc([C@@H](O)C(F)(F)F)cc2)c1.COc1cccc(-c2ccc([C@@H](Oc3cc(-c4ccc(C[C@H](NC(=O)OC(C)(C)C)C(=O)O)cc4)nc(N)n3)C(F)(F)F)cc2)c1.COc1cccc(-c2ccc([C@@H](Oc3cc(Cl)nc(N)n3)C(F)(F)F)cc2)c1.Nc1nc(Cl)cc(Cl)n1. The van der Waals surface area contributed by atoms with Crippen molar-refractivity contribution in [3.8, 4) is 73.6 Å². The minimum Gasteiger partial charge on any atom is -0.497 e. The Balaban J connectivity index is 0.000000217. The number of nitrogen functional groups attached to an aromatic ring is 3. The number of nitrogens with two attached hydrogens (primary N) is 3. The lowest BCUT2D eigenvalue weighted by atomic mass is 9.78. The quantitative estimate of drug-likeness (QED) is 0.0167. The lowest BCUT2D eigenvalue weighted by Gasteiger charge is -2.32. The molecule has 11 N–H and O–H groups in total. The number of carbonyl (C=O) groups excluding carboxylic acids is 2. The van der Waals surface area contributed by atoms with Crippen molar-refractivity contribution in [3.05, 3.63) is 256 Å². The Hall–Kier alpha value is -12.9. The number of alkyl halides is 9. The second-order valence-electron chi connectivity index (χ2n) is 31.8. The molecule has 1 fully saturated rings. The Bertz CT molecular complexity index is 5590. The van der Waals surface area contributed by atoms with Gasteiger partial charge in [0.2, 0.25) is 41.8 Å². The van der Waals surface area contributed by atoms with Crippen LogP contribution in [0.2, 0.25) is 15.5 Å². The highest BCUT2D eigenvalue weighted by atomic mass is 35.5. The smallest absolute Gasteiger partial charge is 0.494 e. The topological polar surface area (TPSA) is 391 Å². The largest absolute Gasteiger partial charge is 0.497 e. The van der Waals surface area contributed by atoms with E-state index in [0.29, 0.717) is 33.9 Å². The standard InChI is InChI=1S/C33H33F3N4O6.C20H30BNO6.C19H15ClF3N3O2.C15H13F3O2.C4H3Cl2N3/c1-32(2,3)46-31(43)39-26(29(41)42)16-19-8-10-21(11-9-19)25-18-27(40-30(37)38-25)45-28(33(34,35)36)22-14-12-20(13-15-22)23-6-5-7-24(17-23)44-4;1-18(2,3)26-17(25)22-15(16(23)24)12-13-8-10-14(11-9-13)21-27-19(4,5)20(6,7)28-21;1-27-14-4-2-3-13(9-14)11-5-7-12(8-6-11)17(19(21,22)23)28-16-10-15(20)25-18(24)26-16;1-20-13-4-2-3-12(9-13)10-5-7-11(8-6-10)14(19)15(16,17)18;5-2-1-3(6)9-4(7)8-2/h5-15,17-18,26,28H,16H2,1-4H3,(H,39,43)(H,41,42)(H2,37,38,40);8-11,15H,12H2,1-7H3,(H,22,25)(H,23,24);2-10,17H,1H3,(H2,24,25,26);2-9,14,19H,1H3;1H,(H2,7,8,9)/t26-,28+;15-;17-;14-;/m0011./s1. The number of methoxy groups -OCH3 is 3. The summed E-state index contributed by atoms with van der Waals surface area (Å²) in [5, 5.41) is 33.3. The van der Waals surface area contributed by atoms with Gasteiger partial charge < -0.3 is 85.6 Å². The van der Waals surface area contributed by atoms with Gasteiger partial charge in [-0.1, -0.05) is 193 Å². The third-order valence-electron chi connectivity index (χ3n) is 18.9. The van der Waals surface area contributed by atoms with Crippen molar-refractivity contribution in [3.63, 3.8) is 0 Å². The molecule has 0 aliphatic carbocycles. The number of aliphatic hydroxyl groups is 1. The van der Waals surface area contributed by atoms with Crippen LogP contribution in [0.15, 0.2) is 212 Å². The summed E-state index contributed by atoms with van der Waals surface area (Å²) in [6.07, 6.45) is -22.7. The number of halogens is 12. The number of carboxylic acids is 2. The minimum absolute atomic E-state index is 0.0565. The summed E-state index contributed by atoms with van der Waals surface area (Å²) in [6, 6.07) is 53.9. The molecule has 8 aromatic carbocycles. The number of rotatable bonds is 23. The molecule has 0 radical (unpaired) electrons. The molecule has 1 aliphatic rings. The normalized spacial score (nSPS) is 14.0. The fourth-order valence-electron chi connectivity index (χ4n) is 11.9. The van der Waals surface area contributed by atoms with Gasteiger partial charge >= 0.3 is 49.8 Å². The fraction of sp³-hybridized carbons (Fsp3) is 0.297. The highest BCUT2D eigenvalue weighted by Gasteiger charge is 2.52. The van der Waals surface area contributed by atoms with Crippen molar-refractivity contribution in [1.29, 1.82) is 0 Å². The van der Waals surface area contributed by atoms with Crippen LogP contribution < -0.4 is 57.0 Å². The molecule has 2 amide bonds. The molecular weight excluding hydrogens is 1790 g/mol. The van der Waals surface area contributed by atoms with E-state index < -0.39 is 108 Å². The zero-order chi connectivity index (χ0) is 96.9. The van der Waals surface area contributed by atoms with Gasteiger partial charge in [0.1, 0.15) is 56.0 Å². The molecule has 0 unspecified atom stereocenters. The number of ether oxygens (including phenoxy) is 7. The van der Waals surface area contributed by atoms with Gasteiger partial charge in [0.25, 0.3) is 0 Å². The summed E-state index contributed by atoms with van der Waals surface area (Å²) in [5.74, 6) is -1.70. The Labute approximate surface area is 763 Å². The monoisotopic (exact) mass is 1880 g/mol. The van der Waals surface area contributed by atoms with Crippen molar-refractivity contribution in [2.24, 2.45) is 0 Å². The molecular formula is C91H94BCl3F9N11O16. The number of benzene rings is 8. The van der Waals surface area contributed by atoms with Crippen molar-refractivity contribution in [1.82, 2.24) is 40.5 Å². The van der Waals surface area contributed by atoms with Gasteiger partial charge in [-0.05, 0) is 161 Å². The zero-order valence-electron chi connectivity index (χ0n) is 72.7. The van der Waals surface area contributed by atoms with Crippen LogP contribution in [-0.2, 0) is 41.2 Å². The van der Waals surface area contributed by atoms with E-state index in [4.69, 9.17) is 99.6 Å². The second-order valence-corrected chi connectivity index (χ2v) is 33.0. The van der Waals surface area contributed by atoms with Crippen molar-refractivity contribution >= 4 is 89.4 Å². The first-order valence-electron chi connectivity index (χ1n) is 39.5. The van der Waals surface area contributed by atoms with Gasteiger partial charge in [-0.25, -0.2) is 39.1 Å². The van der Waals surface area contributed by atoms with Crippen molar-refractivity contribution in [2.75, 3.05) is 38.5 Å². The summed E-state index contributed by atoms with van der Waals surface area (Å²) in [7, 11) is 4.13. The van der Waals surface area contributed by atoms with Gasteiger partial charge in [0.15, 0.2) is 6.10 Å². The number of anilines is 3. The first-order chi connectivity index (χ1) is 61.2. The maximum atomic E-state index is 14.2. The lowest BCUT2D eigenvalue weighted by Crippen LogP contribution is -2.44. The Morgan fingerprint density at radius 3 is 1.06 bits per heavy atom. The average molecular weight is 1890 g/mol. The summed E-state index contributed by atoms with van der Waals surface area (Å²) in [5.41, 5.74) is 21.1. The lowest BCUT2D eigenvalue weighted by molar-refractivity contribution is -0.206. The maximum absolute atomic E-state index is 14.2. The second kappa shape index (κ2) is 44.6. The number of aliphatic hydroxyl groups excluding tert-OH is 1. The third-order valence-corrected chi connectivity index (χ3v) is 19.5. The predicted octanol–water partition coefficient (Wildman–Crippen LogP) is 19.5. The van der Waals surface area contributed by atoms with Gasteiger partial charge in [-0.2, -0.15) is 49.5 Å². The molecule has 1 aliphatic heterocycles. The van der Waals surface area contributed by atoms with E-state index in [0.717, 1.165) is 44.9 Å². The first kappa shape index (κ1) is 103. The van der Waals surface area contributed by atoms with Crippen LogP contribution in [0, 0.1) is 0 Å². The van der Waals surface area contributed by atoms with E-state index in [2.05, 4.69) is 40.5 Å². The third kappa shape index (κ3) is 32.0. The van der Waals surface area contributed by atoms with Crippen molar-refractivity contribution < 1.29 is 116 Å². The summed E-state index contributed by atoms with van der Waals surface area (Å²) in [4.78, 5) is 69.6. The van der Waals surface area contributed by atoms with Crippen LogP contribution in [-0.4, -0.2) is 151 Å². The number of nitrogens with one attached hydrogen (secondary N) is 2. The number of carbonyl (C=O) groups is 4. The van der Waals surface area contributed by atoms with Gasteiger partial charge in [0.05, 0.1) is 38.2 Å². The summed E-state index contributed by atoms with van der Waals surface area (Å²) in [6.45, 7) is 18.1. The van der Waals surface area contributed by atoms with Gasteiger partial charge in [-0.15, -0.1) is 0 Å². The predicted molar refractivity (Wildman–Crippen MR) is 476 cm³/mol. The van der Waals surface area contributed by atoms with Crippen molar-refractivity contribution in [2.45, 2.75) is 153 Å². The van der Waals surface area contributed by atoms with E-state index >= 15 is 0 Å². The Kier molecular flexibility index (Phi) is 35.2. The Morgan fingerprint density at radius 2 is 0.740 bits per heavy atom. The summed E-state index contributed by atoms with van der Waals surface area (Å²) < 4.78 is 169. The molecule has 12 rings (SSSR count). The Morgan fingerprint density at radius 1 is 0.420 bits per heavy atom. The molecule has 0 spiro atoms. The molecule has 696 valence electrons. The van der Waals surface area contributed by atoms with E-state index in [1.54, 1.807) is 171 Å². The van der Waals surface area contributed by atoms with Crippen LogP contribution in [0.4, 0.5) is 66.9 Å². The number of aliphatic carboxylic acids is 2. The van der Waals surface area contributed by atoms with Crippen LogP contribution >= 0.6 is 34.8 Å². The number of amides is 2. The summed E-state index contributed by atoms with van der Waals surface area (Å²) >= 11 is 16.6. The van der Waals surface area contributed by atoms with Gasteiger partial charge in [0, 0.05) is 47.7 Å². The number of aromatic nitrogens is 6. The molecule has 5 atom stereocenters. The number of nitrogens with zero attached hydrogens (tertiary/aromatic N) is 6. The fourth-order valence-corrected chi connectivity index (χ4v) is 12.6. The molecule has 4 heterocycles. The van der Waals surface area contributed by atoms with E-state index in [9.17, 15) is 68.9 Å². The number of hydrogen-bond acceptors (Lipinski definition) is 23. The molecule has 131 heavy (non-hydrogen) atoms. The molecule has 27 nitrogen and oxygen atoms in total. The maximum Gasteiger partial charge on any atom is 0.494 e. The first-order valence-corrected chi connectivity index (χ1v) is 40.6. The molecule has 11 aromatic rings. The molecule has 3 aromatic heterocycles. The molecule has 0 saturated carbocycles. The van der Waals surface area contributed by atoms with Crippen LogP contribution in [0.3, 0.4) is 0 Å². The van der Waals surface area contributed by atoms with Crippen LogP contribution in [0.5, 0.6) is 29.0 Å². The average Bonchev–Trinajstić information content (AvgIpc) is 1.61. The number of hydrogen-bond donors (Lipinski definition) is 8. The molecule has 1 saturated heterocycles. The molecule has 40 heteroatoms. The molecule has 0 bridgehead atoms. The van der Waals surface area contributed by atoms with Crippen LogP contribution in [0.1, 0.15) is 115 Å². The number of alkyl carbamates (subject to hydrolysis) is 2.